The molecule has 0 heterocycles. The summed E-state index contributed by atoms with van der Waals surface area (Å²) in [5, 5.41) is 9.77. The van der Waals surface area contributed by atoms with E-state index in [4.69, 9.17) is 23.3 Å². The van der Waals surface area contributed by atoms with Crippen LogP contribution in [0.1, 0.15) is 201 Å². The third kappa shape index (κ3) is 47.5. The summed E-state index contributed by atoms with van der Waals surface area (Å²) in [6, 6.07) is 0. The first-order valence-electron chi connectivity index (χ1n) is 26.1. The lowest BCUT2D eigenvalue weighted by atomic mass is 10.1. The lowest BCUT2D eigenvalue weighted by Crippen LogP contribution is -2.30. The number of carbonyl (C=O) groups excluding carboxylic acids is 3. The fourth-order valence-corrected chi connectivity index (χ4v) is 7.26. The Balaban J connectivity index is 4.85. The van der Waals surface area contributed by atoms with E-state index in [1.807, 2.05) is 0 Å². The number of hydrogen-bond donors (Lipinski definition) is 2. The first-order chi connectivity index (χ1) is 33.2. The van der Waals surface area contributed by atoms with Gasteiger partial charge in [0.25, 0.3) is 0 Å². The molecule has 0 aromatic heterocycles. The average Bonchev–Trinajstić information content (AvgIpc) is 3.32. The Bertz CT molecular complexity index is 1510. The van der Waals surface area contributed by atoms with E-state index in [1.54, 1.807) is 0 Å². The quantitative estimate of drug-likeness (QED) is 0.0197. The number of carbonyl (C=O) groups is 3. The van der Waals surface area contributed by atoms with Gasteiger partial charge < -0.3 is 24.2 Å². The molecule has 0 saturated heterocycles. The molecule has 0 saturated carbocycles. The number of phosphoric acid groups is 1. The molecule has 0 aliphatic rings. The minimum atomic E-state index is -4.76. The molecule has 0 aliphatic carbocycles. The van der Waals surface area contributed by atoms with Gasteiger partial charge >= 0.3 is 25.7 Å². The van der Waals surface area contributed by atoms with Crippen molar-refractivity contribution in [2.45, 2.75) is 213 Å². The van der Waals surface area contributed by atoms with Crippen LogP contribution >= 0.6 is 7.82 Å². The second-order valence-electron chi connectivity index (χ2n) is 16.9. The van der Waals surface area contributed by atoms with E-state index < -0.39 is 57.8 Å². The van der Waals surface area contributed by atoms with Gasteiger partial charge in [-0.3, -0.25) is 23.4 Å². The zero-order chi connectivity index (χ0) is 49.9. The molecule has 11 nitrogen and oxygen atoms in total. The molecule has 2 N–H and O–H groups in total. The van der Waals surface area contributed by atoms with Crippen LogP contribution < -0.4 is 0 Å². The summed E-state index contributed by atoms with van der Waals surface area (Å²) in [7, 11) is -4.76. The molecule has 0 aromatic carbocycles. The molecule has 0 rings (SSSR count). The lowest BCUT2D eigenvalue weighted by molar-refractivity contribution is -0.161. The molecule has 388 valence electrons. The van der Waals surface area contributed by atoms with Gasteiger partial charge in [-0.2, -0.15) is 0 Å². The minimum absolute atomic E-state index is 0.107. The molecule has 3 unspecified atom stereocenters. The first kappa shape index (κ1) is 64.4. The largest absolute Gasteiger partial charge is 0.472 e. The number of aliphatic hydroxyl groups is 1. The van der Waals surface area contributed by atoms with Crippen molar-refractivity contribution in [3.8, 4) is 0 Å². The van der Waals surface area contributed by atoms with Gasteiger partial charge in [0.05, 0.1) is 19.8 Å². The predicted octanol–water partition coefficient (Wildman–Crippen LogP) is 14.9. The third-order valence-electron chi connectivity index (χ3n) is 10.4. The van der Waals surface area contributed by atoms with Crippen LogP contribution in [0.3, 0.4) is 0 Å². The topological polar surface area (TPSA) is 155 Å². The summed E-state index contributed by atoms with van der Waals surface area (Å²) in [5.41, 5.74) is 0. The van der Waals surface area contributed by atoms with Crippen LogP contribution in [0.15, 0.2) is 97.2 Å². The number of hydrogen-bond acceptors (Lipinski definition) is 10. The number of unbranched alkanes of at least 4 members (excludes halogenated alkanes) is 14. The van der Waals surface area contributed by atoms with Crippen molar-refractivity contribution >= 4 is 25.7 Å². The van der Waals surface area contributed by atoms with Crippen molar-refractivity contribution in [3.05, 3.63) is 97.2 Å². The summed E-state index contributed by atoms with van der Waals surface area (Å²) >= 11 is 0. The first-order valence-corrected chi connectivity index (χ1v) is 27.6. The van der Waals surface area contributed by atoms with E-state index in [9.17, 15) is 28.9 Å². The van der Waals surface area contributed by atoms with E-state index >= 15 is 0 Å². The van der Waals surface area contributed by atoms with E-state index in [2.05, 4.69) is 118 Å². The highest BCUT2D eigenvalue weighted by Gasteiger charge is 2.28. The molecule has 0 fully saturated rings. The van der Waals surface area contributed by atoms with Crippen molar-refractivity contribution < 1.29 is 52.2 Å². The molecule has 0 spiro atoms. The van der Waals surface area contributed by atoms with Crippen LogP contribution in [-0.4, -0.2) is 66.5 Å². The molecule has 0 bridgehead atoms. The third-order valence-corrected chi connectivity index (χ3v) is 11.4. The van der Waals surface area contributed by atoms with Gasteiger partial charge in [0, 0.05) is 19.3 Å². The fourth-order valence-electron chi connectivity index (χ4n) is 6.48. The Kier molecular flexibility index (Phi) is 47.2. The molecular formula is C56H93O11P. The molecule has 0 aliphatic heterocycles. The Labute approximate surface area is 412 Å². The fraction of sp³-hybridized carbons (Fsp3) is 0.661. The van der Waals surface area contributed by atoms with E-state index in [0.717, 1.165) is 141 Å². The van der Waals surface area contributed by atoms with E-state index in [1.165, 1.54) is 0 Å². The number of ether oxygens (including phenoxy) is 3. The number of esters is 3. The van der Waals surface area contributed by atoms with Crippen molar-refractivity contribution in [3.63, 3.8) is 0 Å². The highest BCUT2D eigenvalue weighted by atomic mass is 31.2. The number of rotatable bonds is 47. The summed E-state index contributed by atoms with van der Waals surface area (Å²) < 4.78 is 39.3. The van der Waals surface area contributed by atoms with Crippen molar-refractivity contribution in [1.82, 2.24) is 0 Å². The highest BCUT2D eigenvalue weighted by molar-refractivity contribution is 7.47. The van der Waals surface area contributed by atoms with Gasteiger partial charge in [-0.15, -0.1) is 0 Å². The Hall–Kier alpha value is -3.60. The van der Waals surface area contributed by atoms with Gasteiger partial charge in [0.2, 0.25) is 0 Å². The van der Waals surface area contributed by atoms with Gasteiger partial charge in [-0.25, -0.2) is 4.57 Å². The summed E-state index contributed by atoms with van der Waals surface area (Å²) in [6.07, 6.45) is 56.6. The summed E-state index contributed by atoms with van der Waals surface area (Å²) in [5.74, 6) is -1.56. The molecule has 0 aromatic rings. The van der Waals surface area contributed by atoms with Crippen LogP contribution in [0.5, 0.6) is 0 Å². The Morgan fingerprint density at radius 1 is 0.426 bits per heavy atom. The number of phosphoric ester groups is 1. The normalized spacial score (nSPS) is 14.2. The van der Waals surface area contributed by atoms with Gasteiger partial charge in [-0.05, 0) is 109 Å². The lowest BCUT2D eigenvalue weighted by Gasteiger charge is -2.21. The second kappa shape index (κ2) is 49.8. The van der Waals surface area contributed by atoms with Crippen LogP contribution in [0.4, 0.5) is 0 Å². The molecule has 68 heavy (non-hydrogen) atoms. The smallest absolute Gasteiger partial charge is 0.462 e. The number of aliphatic hydroxyl groups excluding tert-OH is 1. The monoisotopic (exact) mass is 973 g/mol. The maximum Gasteiger partial charge on any atom is 0.472 e. The van der Waals surface area contributed by atoms with Crippen LogP contribution in [0.2, 0.25) is 0 Å². The molecule has 0 amide bonds. The van der Waals surface area contributed by atoms with Crippen LogP contribution in [-0.2, 0) is 42.2 Å². The molecule has 3 atom stereocenters. The Morgan fingerprint density at radius 2 is 0.765 bits per heavy atom. The summed E-state index contributed by atoms with van der Waals surface area (Å²) in [4.78, 5) is 48.3. The maximum absolute atomic E-state index is 12.8. The van der Waals surface area contributed by atoms with Crippen LogP contribution in [0, 0.1) is 0 Å². The standard InChI is InChI=1S/C56H93O11P/c1-4-7-10-13-16-19-22-25-26-29-32-35-38-41-44-47-56(60)67-53(49-63-54(58)45-42-39-36-33-30-27-23-20-17-14-11-8-5-2)51-65-68(61,62)64-50-52(48-57)66-55(59)46-43-40-37-34-31-28-24-21-18-15-12-9-6-3/h7,10-12,14-16,19-21,23-26,32,35,52-53,57H,4-6,8-9,13,17-18,22,27-31,33-34,36-51H2,1-3H3,(H,61,62)/b10-7-,14-11-,15-12-,19-16-,23-20-,24-21-,26-25-,35-32-. The predicted molar refractivity (Wildman–Crippen MR) is 279 cm³/mol. The Morgan fingerprint density at radius 3 is 1.21 bits per heavy atom. The van der Waals surface area contributed by atoms with Crippen molar-refractivity contribution in [2.75, 3.05) is 26.4 Å². The highest BCUT2D eigenvalue weighted by Crippen LogP contribution is 2.43. The SMILES string of the molecule is CC/C=C\C/C=C\C/C=C\C/C=C\CCCCC(=O)OC(COC(=O)CCCCCCC/C=C\C/C=C\CCC)COP(=O)(O)OCC(CO)OC(=O)CCCCCCC/C=C\C/C=C\CCC. The maximum atomic E-state index is 12.8. The minimum Gasteiger partial charge on any atom is -0.462 e. The summed E-state index contributed by atoms with van der Waals surface area (Å²) in [6.45, 7) is 4.29. The van der Waals surface area contributed by atoms with E-state index in [0.29, 0.717) is 19.3 Å². The number of allylic oxidation sites excluding steroid dienone is 16. The average molecular weight is 973 g/mol. The van der Waals surface area contributed by atoms with Crippen molar-refractivity contribution in [2.24, 2.45) is 0 Å². The van der Waals surface area contributed by atoms with Gasteiger partial charge in [-0.1, -0.05) is 169 Å². The zero-order valence-electron chi connectivity index (χ0n) is 42.5. The molecular weight excluding hydrogens is 880 g/mol. The van der Waals surface area contributed by atoms with Crippen molar-refractivity contribution in [1.29, 1.82) is 0 Å². The van der Waals surface area contributed by atoms with Crippen LogP contribution in [0.25, 0.3) is 0 Å². The van der Waals surface area contributed by atoms with E-state index in [-0.39, 0.29) is 25.9 Å². The van der Waals surface area contributed by atoms with Gasteiger partial charge in [0.1, 0.15) is 12.7 Å². The molecule has 12 heteroatoms. The zero-order valence-corrected chi connectivity index (χ0v) is 43.4. The second-order valence-corrected chi connectivity index (χ2v) is 18.4. The van der Waals surface area contributed by atoms with Gasteiger partial charge in [0.15, 0.2) is 6.10 Å². The molecule has 0 radical (unpaired) electrons.